The number of anilines is 1. The van der Waals surface area contributed by atoms with Crippen LogP contribution in [0.2, 0.25) is 5.15 Å². The molecule has 0 aromatic carbocycles. The van der Waals surface area contributed by atoms with Crippen molar-refractivity contribution in [3.05, 3.63) is 17.5 Å². The minimum atomic E-state index is 0.436. The molecule has 0 amide bonds. The second-order valence-corrected chi connectivity index (χ2v) is 5.02. The lowest BCUT2D eigenvalue weighted by atomic mass is 10.1. The molecule has 0 saturated heterocycles. The van der Waals surface area contributed by atoms with Gasteiger partial charge in [-0.05, 0) is 6.42 Å². The normalized spacial score (nSPS) is 11.1. The van der Waals surface area contributed by atoms with Gasteiger partial charge in [0.15, 0.2) is 0 Å². The van der Waals surface area contributed by atoms with E-state index in [1.807, 2.05) is 0 Å². The number of fused-ring (bicyclic) bond motifs is 1. The molecule has 2 aromatic heterocycles. The van der Waals surface area contributed by atoms with E-state index in [0.29, 0.717) is 10.9 Å². The lowest BCUT2D eigenvalue weighted by Gasteiger charge is -2.07. The number of rotatable bonds is 8. The monoisotopic (exact) mass is 281 g/mol. The van der Waals surface area contributed by atoms with Gasteiger partial charge in [0.05, 0.1) is 0 Å². The van der Waals surface area contributed by atoms with Crippen LogP contribution in [-0.4, -0.2) is 26.1 Å². The zero-order valence-electron chi connectivity index (χ0n) is 11.3. The number of nitrogens with zero attached hydrogens (tertiary/aromatic N) is 4. The molecule has 0 bridgehead atoms. The van der Waals surface area contributed by atoms with Gasteiger partial charge in [-0.25, -0.2) is 0 Å². The highest BCUT2D eigenvalue weighted by molar-refractivity contribution is 6.29. The van der Waals surface area contributed by atoms with Crippen molar-refractivity contribution in [2.45, 2.75) is 45.4 Å². The Balaban J connectivity index is 1.79. The summed E-state index contributed by atoms with van der Waals surface area (Å²) in [7, 11) is 0. The van der Waals surface area contributed by atoms with E-state index < -0.39 is 0 Å². The fourth-order valence-corrected chi connectivity index (χ4v) is 2.21. The number of aromatic nitrogens is 4. The van der Waals surface area contributed by atoms with Crippen molar-refractivity contribution in [3.63, 3.8) is 0 Å². The third-order valence-corrected chi connectivity index (χ3v) is 3.25. The molecule has 6 heteroatoms. The molecule has 0 aliphatic rings. The third-order valence-electron chi connectivity index (χ3n) is 3.06. The summed E-state index contributed by atoms with van der Waals surface area (Å²) in [5.74, 6) is 1.37. The van der Waals surface area contributed by atoms with Crippen LogP contribution in [0, 0.1) is 0 Å². The molecule has 0 radical (unpaired) electrons. The molecule has 2 aromatic rings. The quantitative estimate of drug-likeness (QED) is 0.594. The lowest BCUT2D eigenvalue weighted by Crippen LogP contribution is -2.07. The zero-order chi connectivity index (χ0) is 13.5. The van der Waals surface area contributed by atoms with Gasteiger partial charge < -0.3 is 5.32 Å². The van der Waals surface area contributed by atoms with Crippen LogP contribution in [0.4, 0.5) is 5.82 Å². The molecule has 0 saturated carbocycles. The molecule has 0 aliphatic carbocycles. The van der Waals surface area contributed by atoms with Crippen molar-refractivity contribution in [2.24, 2.45) is 0 Å². The topological polar surface area (TPSA) is 55.1 Å². The van der Waals surface area contributed by atoms with E-state index in [9.17, 15) is 0 Å². The minimum Gasteiger partial charge on any atom is -0.370 e. The highest BCUT2D eigenvalue weighted by Gasteiger charge is 2.05. The molecule has 5 nitrogen and oxygen atoms in total. The summed E-state index contributed by atoms with van der Waals surface area (Å²) in [6, 6.07) is 1.78. The van der Waals surface area contributed by atoms with E-state index in [0.717, 1.165) is 18.8 Å². The van der Waals surface area contributed by atoms with Crippen molar-refractivity contribution in [1.82, 2.24) is 19.6 Å². The van der Waals surface area contributed by atoms with Crippen molar-refractivity contribution < 1.29 is 0 Å². The first kappa shape index (κ1) is 14.1. The van der Waals surface area contributed by atoms with E-state index in [1.54, 1.807) is 10.6 Å². The van der Waals surface area contributed by atoms with Crippen LogP contribution in [0.3, 0.4) is 0 Å². The minimum absolute atomic E-state index is 0.436. The predicted molar refractivity (Wildman–Crippen MR) is 77.7 cm³/mol. The fourth-order valence-electron chi connectivity index (χ4n) is 2.03. The Bertz CT molecular complexity index is 511. The highest BCUT2D eigenvalue weighted by atomic mass is 35.5. The van der Waals surface area contributed by atoms with Crippen molar-refractivity contribution in [1.29, 1.82) is 0 Å². The largest absolute Gasteiger partial charge is 0.370 e. The fraction of sp³-hybridized carbons (Fsp3) is 0.615. The molecule has 0 aliphatic heterocycles. The van der Waals surface area contributed by atoms with Crippen molar-refractivity contribution >= 4 is 23.2 Å². The van der Waals surface area contributed by atoms with Crippen LogP contribution in [0.1, 0.15) is 45.4 Å². The maximum absolute atomic E-state index is 5.95. The Hall–Kier alpha value is -1.36. The molecule has 19 heavy (non-hydrogen) atoms. The number of nitrogens with one attached hydrogen (secondary N) is 1. The Labute approximate surface area is 118 Å². The summed E-state index contributed by atoms with van der Waals surface area (Å²) < 4.78 is 1.67. The van der Waals surface area contributed by atoms with Gasteiger partial charge in [-0.15, -0.1) is 0 Å². The number of halogens is 1. The van der Waals surface area contributed by atoms with Gasteiger partial charge >= 0.3 is 0 Å². The first-order valence-corrected chi connectivity index (χ1v) is 7.29. The Morgan fingerprint density at radius 1 is 1.21 bits per heavy atom. The smallest absolute Gasteiger partial charge is 0.255 e. The molecule has 2 heterocycles. The Kier molecular flexibility index (Phi) is 5.39. The summed E-state index contributed by atoms with van der Waals surface area (Å²) in [4.78, 5) is 8.12. The average molecular weight is 282 g/mol. The standard InChI is InChI=1S/C13H20ClN5/c1-2-3-4-5-6-7-8-15-12-9-11(14)18-13-16-10-17-19(12)13/h9-10,15H,2-8H2,1H3. The number of hydrogen-bond donors (Lipinski definition) is 1. The summed E-state index contributed by atoms with van der Waals surface area (Å²) in [5.41, 5.74) is 0. The van der Waals surface area contributed by atoms with Gasteiger partial charge in [0.25, 0.3) is 5.78 Å². The van der Waals surface area contributed by atoms with Crippen LogP contribution < -0.4 is 5.32 Å². The van der Waals surface area contributed by atoms with Crippen LogP contribution >= 0.6 is 11.6 Å². The van der Waals surface area contributed by atoms with E-state index in [2.05, 4.69) is 27.3 Å². The Morgan fingerprint density at radius 2 is 2.00 bits per heavy atom. The molecular formula is C13H20ClN5. The van der Waals surface area contributed by atoms with Gasteiger partial charge in [0.1, 0.15) is 17.3 Å². The van der Waals surface area contributed by atoms with E-state index in [-0.39, 0.29) is 0 Å². The van der Waals surface area contributed by atoms with Crippen molar-refractivity contribution in [3.8, 4) is 0 Å². The summed E-state index contributed by atoms with van der Waals surface area (Å²) in [5, 5.41) is 7.90. The van der Waals surface area contributed by atoms with Crippen LogP contribution in [0.15, 0.2) is 12.4 Å². The van der Waals surface area contributed by atoms with Crippen LogP contribution in [0.25, 0.3) is 5.78 Å². The molecule has 0 fully saturated rings. The van der Waals surface area contributed by atoms with E-state index >= 15 is 0 Å². The van der Waals surface area contributed by atoms with E-state index in [4.69, 9.17) is 11.6 Å². The van der Waals surface area contributed by atoms with Crippen LogP contribution in [-0.2, 0) is 0 Å². The van der Waals surface area contributed by atoms with E-state index in [1.165, 1.54) is 38.4 Å². The third kappa shape index (κ3) is 4.06. The molecule has 0 unspecified atom stereocenters. The maximum atomic E-state index is 5.95. The second kappa shape index (κ2) is 7.28. The summed E-state index contributed by atoms with van der Waals surface area (Å²) in [6.07, 6.45) is 9.17. The molecule has 104 valence electrons. The summed E-state index contributed by atoms with van der Waals surface area (Å²) in [6.45, 7) is 3.15. The van der Waals surface area contributed by atoms with Crippen LogP contribution in [0.5, 0.6) is 0 Å². The number of hydrogen-bond acceptors (Lipinski definition) is 4. The summed E-state index contributed by atoms with van der Waals surface area (Å²) >= 11 is 5.95. The molecule has 0 spiro atoms. The zero-order valence-corrected chi connectivity index (χ0v) is 12.0. The second-order valence-electron chi connectivity index (χ2n) is 4.63. The van der Waals surface area contributed by atoms with Gasteiger partial charge in [-0.2, -0.15) is 19.6 Å². The van der Waals surface area contributed by atoms with Crippen molar-refractivity contribution in [2.75, 3.05) is 11.9 Å². The lowest BCUT2D eigenvalue weighted by molar-refractivity contribution is 0.616. The predicted octanol–water partition coefficient (Wildman–Crippen LogP) is 3.55. The average Bonchev–Trinajstić information content (AvgIpc) is 2.85. The molecular weight excluding hydrogens is 262 g/mol. The van der Waals surface area contributed by atoms with Gasteiger partial charge in [0, 0.05) is 12.6 Å². The maximum Gasteiger partial charge on any atom is 0.255 e. The van der Waals surface area contributed by atoms with Gasteiger partial charge in [-0.3, -0.25) is 0 Å². The number of unbranched alkanes of at least 4 members (excludes halogenated alkanes) is 5. The van der Waals surface area contributed by atoms with Gasteiger partial charge in [0.2, 0.25) is 0 Å². The SMILES string of the molecule is CCCCCCCCNc1cc(Cl)nc2ncnn12. The molecule has 0 atom stereocenters. The first-order chi connectivity index (χ1) is 9.31. The first-order valence-electron chi connectivity index (χ1n) is 6.91. The molecule has 1 N–H and O–H groups in total. The highest BCUT2D eigenvalue weighted by Crippen LogP contribution is 2.14. The Morgan fingerprint density at radius 3 is 2.84 bits per heavy atom. The molecule has 2 rings (SSSR count). The van der Waals surface area contributed by atoms with Gasteiger partial charge in [-0.1, -0.05) is 50.6 Å².